The number of carbonyl (C=O) groups excluding carboxylic acids is 1. The fourth-order valence-electron chi connectivity index (χ4n) is 2.41. The largest absolute Gasteiger partial charge is 0.467 e. The van der Waals surface area contributed by atoms with E-state index < -0.39 is 0 Å². The van der Waals surface area contributed by atoms with Crippen molar-refractivity contribution in [2.24, 2.45) is 0 Å². The predicted octanol–water partition coefficient (Wildman–Crippen LogP) is 4.02. The number of carbonyl (C=O) groups is 1. The zero-order valence-corrected chi connectivity index (χ0v) is 12.9. The van der Waals surface area contributed by atoms with E-state index in [2.05, 4.69) is 5.32 Å². The van der Waals surface area contributed by atoms with Gasteiger partial charge in [0.1, 0.15) is 5.75 Å². The van der Waals surface area contributed by atoms with Crippen LogP contribution in [0.4, 0.5) is 5.69 Å². The first-order valence-electron chi connectivity index (χ1n) is 7.00. The van der Waals surface area contributed by atoms with E-state index in [1.807, 2.05) is 36.4 Å². The molecule has 2 aromatic carbocycles. The lowest BCUT2D eigenvalue weighted by Crippen LogP contribution is -2.14. The van der Waals surface area contributed by atoms with E-state index in [4.69, 9.17) is 21.1 Å². The van der Waals surface area contributed by atoms with Crippen LogP contribution < -0.4 is 10.1 Å². The zero-order chi connectivity index (χ0) is 15.5. The number of ketones is 1. The SMILES string of the molecule is CC(=O)c1ccc(NCc2cc(Cl)cc3c2OCOC3)cc1. The third-order valence-corrected chi connectivity index (χ3v) is 3.74. The van der Waals surface area contributed by atoms with Crippen molar-refractivity contribution in [2.45, 2.75) is 20.1 Å². The van der Waals surface area contributed by atoms with Crippen molar-refractivity contribution in [3.8, 4) is 5.75 Å². The smallest absolute Gasteiger partial charge is 0.189 e. The van der Waals surface area contributed by atoms with Gasteiger partial charge in [0.15, 0.2) is 12.6 Å². The number of rotatable bonds is 4. The van der Waals surface area contributed by atoms with E-state index in [0.29, 0.717) is 23.7 Å². The monoisotopic (exact) mass is 317 g/mol. The lowest BCUT2D eigenvalue weighted by Gasteiger charge is -2.21. The average molecular weight is 318 g/mol. The number of nitrogens with one attached hydrogen (secondary N) is 1. The van der Waals surface area contributed by atoms with E-state index in [9.17, 15) is 4.79 Å². The van der Waals surface area contributed by atoms with Crippen molar-refractivity contribution in [3.63, 3.8) is 0 Å². The maximum absolute atomic E-state index is 11.3. The summed E-state index contributed by atoms with van der Waals surface area (Å²) in [6, 6.07) is 11.1. The molecule has 0 fully saturated rings. The van der Waals surface area contributed by atoms with Gasteiger partial charge < -0.3 is 14.8 Å². The standard InChI is InChI=1S/C17H16ClNO3/c1-11(20)12-2-4-16(5-3-12)19-8-13-6-15(18)7-14-9-21-10-22-17(13)14/h2-7,19H,8-10H2,1H3. The number of ether oxygens (including phenoxy) is 2. The number of Topliss-reactive ketones (excluding diaryl/α,β-unsaturated/α-hetero) is 1. The molecule has 4 nitrogen and oxygen atoms in total. The molecule has 0 radical (unpaired) electrons. The van der Waals surface area contributed by atoms with Crippen molar-refractivity contribution in [3.05, 3.63) is 58.1 Å². The molecule has 1 aliphatic heterocycles. The summed E-state index contributed by atoms with van der Waals surface area (Å²) in [6.07, 6.45) is 0. The quantitative estimate of drug-likeness (QED) is 0.865. The van der Waals surface area contributed by atoms with Gasteiger partial charge in [-0.05, 0) is 43.3 Å². The molecule has 1 N–H and O–H groups in total. The van der Waals surface area contributed by atoms with Gasteiger partial charge in [-0.15, -0.1) is 0 Å². The molecule has 0 aromatic heterocycles. The summed E-state index contributed by atoms with van der Waals surface area (Å²) in [5.41, 5.74) is 3.58. The van der Waals surface area contributed by atoms with Crippen LogP contribution in [-0.2, 0) is 17.9 Å². The molecular weight excluding hydrogens is 302 g/mol. The Kier molecular flexibility index (Phi) is 4.32. The van der Waals surface area contributed by atoms with Gasteiger partial charge in [-0.1, -0.05) is 11.6 Å². The van der Waals surface area contributed by atoms with Gasteiger partial charge in [0.25, 0.3) is 0 Å². The second-order valence-electron chi connectivity index (χ2n) is 5.15. The molecular formula is C17H16ClNO3. The fraction of sp³-hybridized carbons (Fsp3) is 0.235. The molecule has 1 heterocycles. The van der Waals surface area contributed by atoms with Crippen molar-refractivity contribution in [1.82, 2.24) is 0 Å². The molecule has 0 atom stereocenters. The molecule has 0 saturated carbocycles. The maximum atomic E-state index is 11.3. The molecule has 2 aromatic rings. The molecule has 114 valence electrons. The Morgan fingerprint density at radius 2 is 2.05 bits per heavy atom. The molecule has 0 amide bonds. The molecule has 3 rings (SSSR count). The molecule has 0 spiro atoms. The van der Waals surface area contributed by atoms with Crippen LogP contribution in [0.25, 0.3) is 0 Å². The van der Waals surface area contributed by atoms with Crippen LogP contribution in [0.2, 0.25) is 5.02 Å². The highest BCUT2D eigenvalue weighted by Gasteiger charge is 2.16. The molecule has 0 bridgehead atoms. The van der Waals surface area contributed by atoms with Gasteiger partial charge >= 0.3 is 0 Å². The van der Waals surface area contributed by atoms with Gasteiger partial charge in [-0.2, -0.15) is 0 Å². The summed E-state index contributed by atoms with van der Waals surface area (Å²) in [5, 5.41) is 3.98. The minimum Gasteiger partial charge on any atom is -0.467 e. The Balaban J connectivity index is 1.76. The second-order valence-corrected chi connectivity index (χ2v) is 5.59. The number of fused-ring (bicyclic) bond motifs is 1. The Morgan fingerprint density at radius 1 is 1.27 bits per heavy atom. The Hall–Kier alpha value is -2.04. The Labute approximate surface area is 134 Å². The summed E-state index contributed by atoms with van der Waals surface area (Å²) in [4.78, 5) is 11.3. The summed E-state index contributed by atoms with van der Waals surface area (Å²) in [6.45, 7) is 2.91. The molecule has 0 saturated heterocycles. The maximum Gasteiger partial charge on any atom is 0.189 e. The highest BCUT2D eigenvalue weighted by molar-refractivity contribution is 6.30. The average Bonchev–Trinajstić information content (AvgIpc) is 2.52. The van der Waals surface area contributed by atoms with E-state index in [1.165, 1.54) is 0 Å². The third kappa shape index (κ3) is 3.24. The van der Waals surface area contributed by atoms with Crippen molar-refractivity contribution in [1.29, 1.82) is 0 Å². The third-order valence-electron chi connectivity index (χ3n) is 3.53. The van der Waals surface area contributed by atoms with Crippen LogP contribution in [0.3, 0.4) is 0 Å². The van der Waals surface area contributed by atoms with E-state index in [-0.39, 0.29) is 12.6 Å². The van der Waals surface area contributed by atoms with Crippen molar-refractivity contribution in [2.75, 3.05) is 12.1 Å². The van der Waals surface area contributed by atoms with Crippen molar-refractivity contribution >= 4 is 23.1 Å². The summed E-state index contributed by atoms with van der Waals surface area (Å²) < 4.78 is 10.9. The predicted molar refractivity (Wildman–Crippen MR) is 85.5 cm³/mol. The lowest BCUT2D eigenvalue weighted by molar-refractivity contribution is -0.0169. The van der Waals surface area contributed by atoms with Gasteiger partial charge in [-0.25, -0.2) is 0 Å². The zero-order valence-electron chi connectivity index (χ0n) is 12.2. The van der Waals surface area contributed by atoms with Gasteiger partial charge in [0.2, 0.25) is 0 Å². The summed E-state index contributed by atoms with van der Waals surface area (Å²) >= 11 is 6.14. The molecule has 5 heteroatoms. The van der Waals surface area contributed by atoms with Gasteiger partial charge in [0.05, 0.1) is 6.61 Å². The number of hydrogen-bond donors (Lipinski definition) is 1. The Morgan fingerprint density at radius 3 is 2.77 bits per heavy atom. The molecule has 22 heavy (non-hydrogen) atoms. The van der Waals surface area contributed by atoms with Crippen LogP contribution in [0.5, 0.6) is 5.75 Å². The van der Waals surface area contributed by atoms with Crippen LogP contribution in [0.15, 0.2) is 36.4 Å². The molecule has 0 aliphatic carbocycles. The van der Waals surface area contributed by atoms with Crippen LogP contribution in [0, 0.1) is 0 Å². The van der Waals surface area contributed by atoms with Gasteiger partial charge in [-0.3, -0.25) is 4.79 Å². The fourth-order valence-corrected chi connectivity index (χ4v) is 2.67. The van der Waals surface area contributed by atoms with Crippen LogP contribution in [-0.4, -0.2) is 12.6 Å². The first-order valence-corrected chi connectivity index (χ1v) is 7.38. The van der Waals surface area contributed by atoms with Crippen LogP contribution >= 0.6 is 11.6 Å². The molecule has 0 unspecified atom stereocenters. The number of hydrogen-bond acceptors (Lipinski definition) is 4. The first kappa shape index (κ1) is 14.9. The normalized spacial score (nSPS) is 13.2. The Bertz CT molecular complexity index is 698. The van der Waals surface area contributed by atoms with E-state index in [1.54, 1.807) is 6.92 Å². The molecule has 1 aliphatic rings. The lowest BCUT2D eigenvalue weighted by atomic mass is 10.1. The van der Waals surface area contributed by atoms with Gasteiger partial charge in [0, 0.05) is 33.9 Å². The highest BCUT2D eigenvalue weighted by atomic mass is 35.5. The topological polar surface area (TPSA) is 47.6 Å². The minimum atomic E-state index is 0.0591. The van der Waals surface area contributed by atoms with E-state index >= 15 is 0 Å². The van der Waals surface area contributed by atoms with Crippen LogP contribution in [0.1, 0.15) is 28.4 Å². The number of anilines is 1. The van der Waals surface area contributed by atoms with E-state index in [0.717, 1.165) is 22.6 Å². The first-order chi connectivity index (χ1) is 10.6. The summed E-state index contributed by atoms with van der Waals surface area (Å²) in [7, 11) is 0. The minimum absolute atomic E-state index is 0.0591. The number of halogens is 1. The highest BCUT2D eigenvalue weighted by Crippen LogP contribution is 2.32. The summed E-state index contributed by atoms with van der Waals surface area (Å²) in [5.74, 6) is 0.896. The van der Waals surface area contributed by atoms with Crippen molar-refractivity contribution < 1.29 is 14.3 Å². The number of benzene rings is 2. The second kappa shape index (κ2) is 6.38.